The van der Waals surface area contributed by atoms with Crippen LogP contribution < -0.4 is 11.1 Å². The van der Waals surface area contributed by atoms with Crippen molar-refractivity contribution in [2.45, 2.75) is 6.92 Å². The van der Waals surface area contributed by atoms with Crippen molar-refractivity contribution in [2.75, 3.05) is 37.4 Å². The second-order valence-electron chi connectivity index (χ2n) is 4.37. The van der Waals surface area contributed by atoms with E-state index in [1.54, 1.807) is 6.20 Å². The molecule has 0 radical (unpaired) electrons. The molecule has 0 aliphatic carbocycles. The van der Waals surface area contributed by atoms with E-state index in [-0.39, 0.29) is 6.61 Å². The maximum absolute atomic E-state index is 8.61. The fraction of sp³-hybridized carbons (Fsp3) is 0.357. The molecule has 0 atom stereocenters. The van der Waals surface area contributed by atoms with Gasteiger partial charge in [-0.25, -0.2) is 4.98 Å². The van der Waals surface area contributed by atoms with Gasteiger partial charge >= 0.3 is 0 Å². The van der Waals surface area contributed by atoms with Crippen LogP contribution in [0, 0.1) is 6.92 Å². The van der Waals surface area contributed by atoms with Crippen molar-refractivity contribution in [1.29, 1.82) is 0 Å². The molecule has 5 heteroatoms. The van der Waals surface area contributed by atoms with Gasteiger partial charge in [0.1, 0.15) is 5.82 Å². The molecule has 2 aromatic rings. The molecule has 0 spiro atoms. The van der Waals surface area contributed by atoms with Gasteiger partial charge in [-0.05, 0) is 30.7 Å². The Morgan fingerprint density at radius 3 is 2.95 bits per heavy atom. The van der Waals surface area contributed by atoms with Crippen molar-refractivity contribution in [3.8, 4) is 0 Å². The molecule has 4 N–H and O–H groups in total. The number of nitrogen functional groups attached to an aromatic ring is 1. The summed E-state index contributed by atoms with van der Waals surface area (Å²) in [4.78, 5) is 4.34. The smallest absolute Gasteiger partial charge is 0.133 e. The summed E-state index contributed by atoms with van der Waals surface area (Å²) in [6.07, 6.45) is 1.74. The number of nitrogens with one attached hydrogen (secondary N) is 1. The molecular weight excluding hydrogens is 242 g/mol. The Bertz CT molecular complexity index is 558. The lowest BCUT2D eigenvalue weighted by atomic mass is 10.1. The first-order chi connectivity index (χ1) is 9.22. The third-order valence-corrected chi connectivity index (χ3v) is 2.83. The molecule has 0 saturated carbocycles. The van der Waals surface area contributed by atoms with E-state index >= 15 is 0 Å². The first kappa shape index (κ1) is 13.6. The number of nitrogens with zero attached hydrogens (tertiary/aromatic N) is 1. The van der Waals surface area contributed by atoms with Gasteiger partial charge in [-0.15, -0.1) is 0 Å². The molecule has 102 valence electrons. The third kappa shape index (κ3) is 3.33. The van der Waals surface area contributed by atoms with Crippen LogP contribution in [0.1, 0.15) is 5.56 Å². The predicted molar refractivity (Wildman–Crippen MR) is 77.3 cm³/mol. The number of aliphatic hydroxyl groups excluding tert-OH is 1. The minimum atomic E-state index is 0.0439. The molecule has 0 aliphatic rings. The molecule has 0 unspecified atom stereocenters. The average molecular weight is 261 g/mol. The predicted octanol–water partition coefficient (Wildman–Crippen LogP) is 1.55. The zero-order chi connectivity index (χ0) is 13.7. The molecule has 19 heavy (non-hydrogen) atoms. The molecule has 5 nitrogen and oxygen atoms in total. The quantitative estimate of drug-likeness (QED) is 0.543. The Labute approximate surface area is 112 Å². The van der Waals surface area contributed by atoms with Crippen LogP contribution in [0.25, 0.3) is 10.8 Å². The number of nitrogens with two attached hydrogens (primary N) is 1. The molecule has 0 saturated heterocycles. The molecule has 0 fully saturated rings. The van der Waals surface area contributed by atoms with Gasteiger partial charge in [0.05, 0.1) is 19.8 Å². The normalized spacial score (nSPS) is 10.8. The molecule has 1 aromatic heterocycles. The Kier molecular flexibility index (Phi) is 4.54. The third-order valence-electron chi connectivity index (χ3n) is 2.83. The summed E-state index contributed by atoms with van der Waals surface area (Å²) in [7, 11) is 0. The fourth-order valence-electron chi connectivity index (χ4n) is 2.01. The maximum atomic E-state index is 8.61. The summed E-state index contributed by atoms with van der Waals surface area (Å²) in [6.45, 7) is 3.58. The average Bonchev–Trinajstić information content (AvgIpc) is 2.39. The molecule has 1 heterocycles. The maximum Gasteiger partial charge on any atom is 0.133 e. The second-order valence-corrected chi connectivity index (χ2v) is 4.37. The summed E-state index contributed by atoms with van der Waals surface area (Å²) < 4.78 is 5.20. The largest absolute Gasteiger partial charge is 0.398 e. The van der Waals surface area contributed by atoms with Gasteiger partial charge in [-0.3, -0.25) is 0 Å². The lowest BCUT2D eigenvalue weighted by Crippen LogP contribution is -2.12. The van der Waals surface area contributed by atoms with Crippen LogP contribution in [0.15, 0.2) is 24.4 Å². The van der Waals surface area contributed by atoms with E-state index in [2.05, 4.69) is 16.4 Å². The van der Waals surface area contributed by atoms with Gasteiger partial charge in [-0.1, -0.05) is 0 Å². The lowest BCUT2D eigenvalue weighted by molar-refractivity contribution is 0.0992. The van der Waals surface area contributed by atoms with E-state index in [0.717, 1.165) is 27.8 Å². The molecule has 0 aliphatic heterocycles. The van der Waals surface area contributed by atoms with Gasteiger partial charge in [0.25, 0.3) is 0 Å². The van der Waals surface area contributed by atoms with E-state index in [1.165, 1.54) is 0 Å². The monoisotopic (exact) mass is 261 g/mol. The van der Waals surface area contributed by atoms with Crippen LogP contribution in [-0.4, -0.2) is 36.5 Å². The highest BCUT2D eigenvalue weighted by Gasteiger charge is 2.05. The number of aliphatic hydroxyl groups is 1. The van der Waals surface area contributed by atoms with Crippen molar-refractivity contribution >= 4 is 22.3 Å². The first-order valence-corrected chi connectivity index (χ1v) is 6.29. The number of benzene rings is 1. The van der Waals surface area contributed by atoms with Crippen molar-refractivity contribution in [1.82, 2.24) is 4.98 Å². The minimum Gasteiger partial charge on any atom is -0.398 e. The van der Waals surface area contributed by atoms with Crippen LogP contribution in [-0.2, 0) is 4.74 Å². The minimum absolute atomic E-state index is 0.0439. The number of aryl methyl sites for hydroxylation is 1. The van der Waals surface area contributed by atoms with Crippen LogP contribution >= 0.6 is 0 Å². The van der Waals surface area contributed by atoms with Crippen molar-refractivity contribution in [3.63, 3.8) is 0 Å². The van der Waals surface area contributed by atoms with Crippen LogP contribution in [0.3, 0.4) is 0 Å². The van der Waals surface area contributed by atoms with Crippen LogP contribution in [0.4, 0.5) is 11.5 Å². The van der Waals surface area contributed by atoms with E-state index in [9.17, 15) is 0 Å². The topological polar surface area (TPSA) is 80.4 Å². The van der Waals surface area contributed by atoms with Gasteiger partial charge in [0.15, 0.2) is 0 Å². The Morgan fingerprint density at radius 2 is 2.16 bits per heavy atom. The Balaban J connectivity index is 2.14. The zero-order valence-electron chi connectivity index (χ0n) is 11.0. The highest BCUT2D eigenvalue weighted by atomic mass is 16.5. The highest BCUT2D eigenvalue weighted by molar-refractivity contribution is 5.99. The number of rotatable bonds is 6. The van der Waals surface area contributed by atoms with Gasteiger partial charge < -0.3 is 20.9 Å². The first-order valence-electron chi connectivity index (χ1n) is 6.29. The number of fused-ring (bicyclic) bond motifs is 1. The van der Waals surface area contributed by atoms with E-state index < -0.39 is 0 Å². The van der Waals surface area contributed by atoms with E-state index in [1.807, 2.05) is 19.1 Å². The number of hydrogen-bond acceptors (Lipinski definition) is 5. The van der Waals surface area contributed by atoms with Crippen LogP contribution in [0.5, 0.6) is 0 Å². The number of hydrogen-bond donors (Lipinski definition) is 3. The summed E-state index contributed by atoms with van der Waals surface area (Å²) in [5.41, 5.74) is 7.88. The molecule has 0 amide bonds. The number of aromatic nitrogens is 1. The van der Waals surface area contributed by atoms with Crippen molar-refractivity contribution in [3.05, 3.63) is 30.0 Å². The van der Waals surface area contributed by atoms with Gasteiger partial charge in [-0.2, -0.15) is 0 Å². The number of pyridine rings is 1. The second kappa shape index (κ2) is 6.36. The summed E-state index contributed by atoms with van der Waals surface area (Å²) >= 11 is 0. The molecule has 0 bridgehead atoms. The highest BCUT2D eigenvalue weighted by Crippen LogP contribution is 2.27. The summed E-state index contributed by atoms with van der Waals surface area (Å²) in [6, 6.07) is 5.93. The van der Waals surface area contributed by atoms with Crippen molar-refractivity contribution in [2.24, 2.45) is 0 Å². The SMILES string of the molecule is Cc1cc(N)c2ccnc(NCCOCCO)c2c1. The van der Waals surface area contributed by atoms with E-state index in [0.29, 0.717) is 19.8 Å². The molecule has 2 rings (SSSR count). The fourth-order valence-corrected chi connectivity index (χ4v) is 2.01. The lowest BCUT2D eigenvalue weighted by Gasteiger charge is -2.11. The van der Waals surface area contributed by atoms with Crippen LogP contribution in [0.2, 0.25) is 0 Å². The van der Waals surface area contributed by atoms with E-state index in [4.69, 9.17) is 15.6 Å². The van der Waals surface area contributed by atoms with Crippen molar-refractivity contribution < 1.29 is 9.84 Å². The van der Waals surface area contributed by atoms with Gasteiger partial charge in [0.2, 0.25) is 0 Å². The standard InChI is InChI=1S/C14H19N3O2/c1-10-8-12-11(13(15)9-10)2-3-16-14(12)17-4-6-19-7-5-18/h2-3,8-9,18H,4-7,15H2,1H3,(H,16,17). The zero-order valence-corrected chi connectivity index (χ0v) is 11.0. The summed E-state index contributed by atoms with van der Waals surface area (Å²) in [5.74, 6) is 0.806. The molecular formula is C14H19N3O2. The Morgan fingerprint density at radius 1 is 1.32 bits per heavy atom. The Hall–Kier alpha value is -1.85. The summed E-state index contributed by atoms with van der Waals surface area (Å²) in [5, 5.41) is 13.9. The molecule has 1 aromatic carbocycles. The number of ether oxygens (including phenoxy) is 1. The van der Waals surface area contributed by atoms with Gasteiger partial charge in [0, 0.05) is 29.2 Å². The number of anilines is 2.